The second kappa shape index (κ2) is 5.28. The molecule has 0 aliphatic rings. The number of aromatic nitrogens is 2. The lowest BCUT2D eigenvalue weighted by Crippen LogP contribution is -2.21. The molecule has 84 valence electrons. The van der Waals surface area contributed by atoms with Crippen LogP contribution < -0.4 is 0 Å². The van der Waals surface area contributed by atoms with Crippen molar-refractivity contribution in [2.75, 3.05) is 20.6 Å². The van der Waals surface area contributed by atoms with Gasteiger partial charge in [-0.1, -0.05) is 18.5 Å². The Morgan fingerprint density at radius 2 is 2.27 bits per heavy atom. The number of hydrogen-bond acceptors (Lipinski definition) is 3. The fraction of sp³-hybridized carbons (Fsp3) is 0.600. The van der Waals surface area contributed by atoms with Crippen molar-refractivity contribution in [3.63, 3.8) is 0 Å². The molecular formula is C10H16ClN3O. The number of Topliss-reactive ketones (excluding diaryl/α,β-unsaturated/α-hetero) is 1. The molecule has 0 fully saturated rings. The molecule has 4 nitrogen and oxygen atoms in total. The summed E-state index contributed by atoms with van der Waals surface area (Å²) in [7, 11) is 3.96. The number of ketones is 1. The first-order chi connectivity index (χ1) is 7.06. The first-order valence-corrected chi connectivity index (χ1v) is 5.33. The van der Waals surface area contributed by atoms with Gasteiger partial charge in [-0.3, -0.25) is 9.48 Å². The lowest BCUT2D eigenvalue weighted by Gasteiger charge is -2.11. The Labute approximate surface area is 94.8 Å². The zero-order valence-corrected chi connectivity index (χ0v) is 10.1. The van der Waals surface area contributed by atoms with Crippen LogP contribution in [-0.2, 0) is 6.54 Å². The van der Waals surface area contributed by atoms with E-state index in [9.17, 15) is 4.79 Å². The summed E-state index contributed by atoms with van der Waals surface area (Å²) in [5.74, 6) is 0.0382. The summed E-state index contributed by atoms with van der Waals surface area (Å²) in [6.07, 6.45) is 1.98. The van der Waals surface area contributed by atoms with Crippen molar-refractivity contribution in [1.29, 1.82) is 0 Å². The molecule has 0 unspecified atom stereocenters. The van der Waals surface area contributed by atoms with Gasteiger partial charge < -0.3 is 4.90 Å². The Morgan fingerprint density at radius 3 is 2.80 bits per heavy atom. The topological polar surface area (TPSA) is 38.1 Å². The average molecular weight is 230 g/mol. The van der Waals surface area contributed by atoms with E-state index in [4.69, 9.17) is 11.6 Å². The van der Waals surface area contributed by atoms with Gasteiger partial charge in [-0.15, -0.1) is 0 Å². The van der Waals surface area contributed by atoms with Gasteiger partial charge in [0, 0.05) is 13.0 Å². The highest BCUT2D eigenvalue weighted by Crippen LogP contribution is 2.16. The van der Waals surface area contributed by atoms with Gasteiger partial charge in [0.1, 0.15) is 5.69 Å². The summed E-state index contributed by atoms with van der Waals surface area (Å²) in [6, 6.07) is 0. The van der Waals surface area contributed by atoms with Gasteiger partial charge in [0.15, 0.2) is 5.78 Å². The zero-order chi connectivity index (χ0) is 11.4. The van der Waals surface area contributed by atoms with Crippen molar-refractivity contribution < 1.29 is 4.79 Å². The van der Waals surface area contributed by atoms with Crippen molar-refractivity contribution in [3.8, 4) is 0 Å². The average Bonchev–Trinajstić information content (AvgIpc) is 2.55. The van der Waals surface area contributed by atoms with Crippen LogP contribution in [0.2, 0.25) is 5.02 Å². The number of rotatable bonds is 5. The first kappa shape index (κ1) is 12.2. The van der Waals surface area contributed by atoms with E-state index in [-0.39, 0.29) is 5.78 Å². The maximum atomic E-state index is 11.6. The number of likely N-dealkylation sites (N-methyl/N-ethyl adjacent to an activating group) is 1. The zero-order valence-electron chi connectivity index (χ0n) is 9.33. The molecule has 1 aromatic rings. The quantitative estimate of drug-likeness (QED) is 0.722. The van der Waals surface area contributed by atoms with Crippen LogP contribution in [0.15, 0.2) is 6.20 Å². The maximum Gasteiger partial charge on any atom is 0.182 e. The molecule has 0 radical (unpaired) electrons. The number of carbonyl (C=O) groups excluding carboxylic acids is 1. The molecule has 0 aliphatic carbocycles. The summed E-state index contributed by atoms with van der Waals surface area (Å²) < 4.78 is 1.67. The predicted octanol–water partition coefficient (Wildman–Crippen LogP) is 1.69. The Bertz CT molecular complexity index is 346. The minimum Gasteiger partial charge on any atom is -0.308 e. The fourth-order valence-electron chi connectivity index (χ4n) is 1.27. The van der Waals surface area contributed by atoms with Crippen molar-refractivity contribution >= 4 is 17.4 Å². The summed E-state index contributed by atoms with van der Waals surface area (Å²) in [5, 5.41) is 4.54. The van der Waals surface area contributed by atoms with E-state index >= 15 is 0 Å². The third-order valence-corrected chi connectivity index (χ3v) is 2.42. The second-order valence-electron chi connectivity index (χ2n) is 3.64. The maximum absolute atomic E-state index is 11.6. The van der Waals surface area contributed by atoms with Crippen LogP contribution in [0, 0.1) is 0 Å². The summed E-state index contributed by atoms with van der Waals surface area (Å²) in [5.41, 5.74) is 0.529. The lowest BCUT2D eigenvalue weighted by atomic mass is 10.2. The van der Waals surface area contributed by atoms with E-state index in [0.717, 1.165) is 6.54 Å². The summed E-state index contributed by atoms with van der Waals surface area (Å²) >= 11 is 5.92. The Balaban J connectivity index is 2.84. The minimum atomic E-state index is 0.0382. The van der Waals surface area contributed by atoms with Gasteiger partial charge in [-0.2, -0.15) is 5.10 Å². The molecule has 0 aliphatic heterocycles. The van der Waals surface area contributed by atoms with E-state index in [2.05, 4.69) is 5.10 Å². The van der Waals surface area contributed by atoms with Crippen LogP contribution in [-0.4, -0.2) is 41.1 Å². The molecule has 0 aromatic carbocycles. The molecule has 0 N–H and O–H groups in total. The largest absolute Gasteiger partial charge is 0.308 e. The lowest BCUT2D eigenvalue weighted by molar-refractivity contribution is 0.0977. The van der Waals surface area contributed by atoms with Crippen LogP contribution in [0.3, 0.4) is 0 Å². The van der Waals surface area contributed by atoms with Crippen LogP contribution in [0.5, 0.6) is 0 Å². The van der Waals surface area contributed by atoms with E-state index in [1.807, 2.05) is 25.9 Å². The molecule has 1 aromatic heterocycles. The molecule has 0 amide bonds. The van der Waals surface area contributed by atoms with Crippen LogP contribution in [0.4, 0.5) is 0 Å². The molecule has 0 saturated heterocycles. The van der Waals surface area contributed by atoms with Gasteiger partial charge in [0.05, 0.1) is 17.8 Å². The third-order valence-electron chi connectivity index (χ3n) is 2.14. The van der Waals surface area contributed by atoms with Gasteiger partial charge in [-0.05, 0) is 14.1 Å². The van der Waals surface area contributed by atoms with Crippen LogP contribution in [0.1, 0.15) is 23.8 Å². The van der Waals surface area contributed by atoms with E-state index in [1.54, 1.807) is 4.68 Å². The van der Waals surface area contributed by atoms with Crippen molar-refractivity contribution in [3.05, 3.63) is 16.9 Å². The van der Waals surface area contributed by atoms with E-state index in [1.165, 1.54) is 6.20 Å². The van der Waals surface area contributed by atoms with E-state index in [0.29, 0.717) is 23.7 Å². The SMILES string of the molecule is CCC(=O)c1c(Cl)cnn1CCN(C)C. The highest BCUT2D eigenvalue weighted by molar-refractivity contribution is 6.33. The second-order valence-corrected chi connectivity index (χ2v) is 4.05. The molecule has 0 spiro atoms. The molecule has 0 bridgehead atoms. The molecule has 5 heteroatoms. The number of halogens is 1. The summed E-state index contributed by atoms with van der Waals surface area (Å²) in [6.45, 7) is 3.34. The van der Waals surface area contributed by atoms with Gasteiger partial charge >= 0.3 is 0 Å². The smallest absolute Gasteiger partial charge is 0.182 e. The molecule has 0 saturated carbocycles. The molecule has 15 heavy (non-hydrogen) atoms. The van der Waals surface area contributed by atoms with Gasteiger partial charge in [-0.25, -0.2) is 0 Å². The first-order valence-electron chi connectivity index (χ1n) is 4.95. The molecule has 1 heterocycles. The van der Waals surface area contributed by atoms with E-state index < -0.39 is 0 Å². The number of carbonyl (C=O) groups is 1. The molecule has 0 atom stereocenters. The monoisotopic (exact) mass is 229 g/mol. The standard InChI is InChI=1S/C10H16ClN3O/c1-4-9(15)10-8(11)7-12-14(10)6-5-13(2)3/h7H,4-6H2,1-3H3. The highest BCUT2D eigenvalue weighted by Gasteiger charge is 2.15. The highest BCUT2D eigenvalue weighted by atomic mass is 35.5. The van der Waals surface area contributed by atoms with Crippen molar-refractivity contribution in [1.82, 2.24) is 14.7 Å². The number of hydrogen-bond donors (Lipinski definition) is 0. The molecular weight excluding hydrogens is 214 g/mol. The van der Waals surface area contributed by atoms with Crippen LogP contribution >= 0.6 is 11.6 Å². The Morgan fingerprint density at radius 1 is 1.60 bits per heavy atom. The van der Waals surface area contributed by atoms with Gasteiger partial charge in [0.25, 0.3) is 0 Å². The minimum absolute atomic E-state index is 0.0382. The number of nitrogens with zero attached hydrogens (tertiary/aromatic N) is 3. The van der Waals surface area contributed by atoms with Crippen molar-refractivity contribution in [2.45, 2.75) is 19.9 Å². The normalized spacial score (nSPS) is 11.0. The molecule has 1 rings (SSSR count). The summed E-state index contributed by atoms with van der Waals surface area (Å²) in [4.78, 5) is 13.6. The van der Waals surface area contributed by atoms with Gasteiger partial charge in [0.2, 0.25) is 0 Å². The Hall–Kier alpha value is -0.870. The predicted molar refractivity (Wildman–Crippen MR) is 60.4 cm³/mol. The Kier molecular flexibility index (Phi) is 4.29. The van der Waals surface area contributed by atoms with Crippen LogP contribution in [0.25, 0.3) is 0 Å². The fourth-order valence-corrected chi connectivity index (χ4v) is 1.52. The van der Waals surface area contributed by atoms with Crippen molar-refractivity contribution in [2.24, 2.45) is 0 Å². The third kappa shape index (κ3) is 3.04.